The van der Waals surface area contributed by atoms with Gasteiger partial charge in [-0.3, -0.25) is 16.0 Å². The van der Waals surface area contributed by atoms with Crippen molar-refractivity contribution in [2.45, 2.75) is 30.7 Å². The van der Waals surface area contributed by atoms with Gasteiger partial charge in [0.15, 0.2) is 18.5 Å². The summed E-state index contributed by atoms with van der Waals surface area (Å²) in [6.07, 6.45) is -12.1. The summed E-state index contributed by atoms with van der Waals surface area (Å²) in [5.74, 6) is 0. The molecule has 1 aliphatic rings. The molecule has 240 valence electrons. The molecule has 1 aliphatic heterocycles. The third kappa shape index (κ3) is 10.3. The molecule has 1 fully saturated rings. The van der Waals surface area contributed by atoms with Crippen LogP contribution in [-0.2, 0) is 18.9 Å². The Morgan fingerprint density at radius 1 is 0.600 bits per heavy atom. The van der Waals surface area contributed by atoms with Gasteiger partial charge >= 0.3 is 18.3 Å². The molecule has 0 saturated carbocycles. The van der Waals surface area contributed by atoms with Crippen LogP contribution in [0.1, 0.15) is 0 Å². The van der Waals surface area contributed by atoms with Gasteiger partial charge in [0.1, 0.15) is 18.8 Å². The van der Waals surface area contributed by atoms with Crippen LogP contribution in [0.5, 0.6) is 0 Å². The van der Waals surface area contributed by atoms with E-state index in [0.29, 0.717) is 0 Å². The molecule has 3 aromatic carbocycles. The summed E-state index contributed by atoms with van der Waals surface area (Å²) in [4.78, 5) is 37.9. The number of halogens is 6. The van der Waals surface area contributed by atoms with Crippen molar-refractivity contribution >= 4 is 105 Å². The van der Waals surface area contributed by atoms with E-state index in [-0.39, 0.29) is 47.2 Å². The van der Waals surface area contributed by atoms with Gasteiger partial charge in [0.25, 0.3) is 0 Å². The summed E-state index contributed by atoms with van der Waals surface area (Å²) in [5.41, 5.74) is 0.475. The van der Waals surface area contributed by atoms with Crippen LogP contribution in [0.15, 0.2) is 54.6 Å². The van der Waals surface area contributed by atoms with Gasteiger partial charge in [-0.25, -0.2) is 14.4 Å². The zero-order chi connectivity index (χ0) is 32.8. The second-order valence-electron chi connectivity index (χ2n) is 9.24. The highest BCUT2D eigenvalue weighted by atomic mass is 35.5. The zero-order valence-electron chi connectivity index (χ0n) is 22.3. The van der Waals surface area contributed by atoms with Gasteiger partial charge in [-0.15, -0.1) is 0 Å². The van der Waals surface area contributed by atoms with Crippen molar-refractivity contribution in [2.24, 2.45) is 0 Å². The predicted molar refractivity (Wildman–Crippen MR) is 169 cm³/mol. The van der Waals surface area contributed by atoms with Crippen molar-refractivity contribution in [2.75, 3.05) is 22.6 Å². The van der Waals surface area contributed by atoms with Gasteiger partial charge in [0.2, 0.25) is 0 Å². The van der Waals surface area contributed by atoms with E-state index in [0.717, 1.165) is 0 Å². The normalized spacial score (nSPS) is 20.9. The van der Waals surface area contributed by atoms with Crippen molar-refractivity contribution in [1.29, 1.82) is 0 Å². The molecule has 0 bridgehead atoms. The standard InChI is InChI=1S/C27H21Cl6N3O9/c28-11-1-12(29)5-17(4-11)34-25(39)42-10-20-21(37)22(44-26(40)35-18-6-13(30)2-14(31)7-18)23(24(38)43-20)45-27(41)36-19-8-15(32)3-16(33)9-19/h1-9,20-24,37-38H,10H2,(H,34,39)(H,35,40)(H,36,41)/t20-,21-,22+,23-,24-/m1/s1. The fraction of sp³-hybridized carbons (Fsp3) is 0.222. The second kappa shape index (κ2) is 15.6. The number of hydrogen-bond donors (Lipinski definition) is 5. The highest BCUT2D eigenvalue weighted by Gasteiger charge is 2.50. The third-order valence-corrected chi connectivity index (χ3v) is 7.14. The second-order valence-corrected chi connectivity index (χ2v) is 11.9. The number of nitrogens with one attached hydrogen (secondary N) is 3. The van der Waals surface area contributed by atoms with E-state index in [1.807, 2.05) is 0 Å². The summed E-state index contributed by atoms with van der Waals surface area (Å²) >= 11 is 35.7. The van der Waals surface area contributed by atoms with Crippen LogP contribution < -0.4 is 16.0 Å². The Morgan fingerprint density at radius 2 is 0.956 bits per heavy atom. The molecule has 5 N–H and O–H groups in total. The Kier molecular flexibility index (Phi) is 12.1. The van der Waals surface area contributed by atoms with Crippen LogP contribution in [0.25, 0.3) is 0 Å². The highest BCUT2D eigenvalue weighted by Crippen LogP contribution is 2.29. The molecule has 0 unspecified atom stereocenters. The zero-order valence-corrected chi connectivity index (χ0v) is 26.8. The molecule has 0 aliphatic carbocycles. The van der Waals surface area contributed by atoms with Gasteiger partial charge in [-0.05, 0) is 54.6 Å². The molecule has 18 heteroatoms. The SMILES string of the molecule is O=C(Nc1cc(Cl)cc(Cl)c1)OC[C@H]1O[C@@H](O)[C@H](OC(=O)Nc2cc(Cl)cc(Cl)c2)[C@@H](OC(=O)Nc2cc(Cl)cc(Cl)c2)[C@@H]1O. The molecule has 3 aromatic rings. The molecule has 45 heavy (non-hydrogen) atoms. The number of rotatable bonds is 7. The Labute approximate surface area is 285 Å². The lowest BCUT2D eigenvalue weighted by molar-refractivity contribution is -0.283. The third-order valence-electron chi connectivity index (χ3n) is 5.83. The van der Waals surface area contributed by atoms with Gasteiger partial charge < -0.3 is 29.2 Å². The Bertz CT molecular complexity index is 1520. The quantitative estimate of drug-likeness (QED) is 0.154. The molecule has 0 spiro atoms. The van der Waals surface area contributed by atoms with E-state index in [2.05, 4.69) is 16.0 Å². The lowest BCUT2D eigenvalue weighted by Crippen LogP contribution is -2.61. The maximum atomic E-state index is 12.8. The number of aliphatic hydroxyl groups is 2. The molecule has 5 atom stereocenters. The predicted octanol–water partition coefficient (Wildman–Crippen LogP) is 7.47. The summed E-state index contributed by atoms with van der Waals surface area (Å²) < 4.78 is 21.1. The van der Waals surface area contributed by atoms with Crippen LogP contribution >= 0.6 is 69.6 Å². The highest BCUT2D eigenvalue weighted by molar-refractivity contribution is 6.36. The molecule has 3 amide bonds. The maximum absolute atomic E-state index is 12.8. The molecule has 1 heterocycles. The minimum atomic E-state index is -1.98. The molecule has 1 saturated heterocycles. The van der Waals surface area contributed by atoms with Crippen molar-refractivity contribution in [3.8, 4) is 0 Å². The molecule has 0 aromatic heterocycles. The summed E-state index contributed by atoms with van der Waals surface area (Å²) in [6.45, 7) is -0.649. The molecular formula is C27H21Cl6N3O9. The van der Waals surface area contributed by atoms with Crippen molar-refractivity contribution in [3.63, 3.8) is 0 Å². The number of carbonyl (C=O) groups is 3. The number of ether oxygens (including phenoxy) is 4. The van der Waals surface area contributed by atoms with Crippen molar-refractivity contribution < 1.29 is 43.5 Å². The smallest absolute Gasteiger partial charge is 0.412 e. The number of carbonyl (C=O) groups excluding carboxylic acids is 3. The number of hydrogen-bond acceptors (Lipinski definition) is 9. The number of amides is 3. The van der Waals surface area contributed by atoms with Crippen LogP contribution in [0.4, 0.5) is 31.4 Å². The average molecular weight is 744 g/mol. The van der Waals surface area contributed by atoms with Crippen molar-refractivity contribution in [3.05, 3.63) is 84.7 Å². The average Bonchev–Trinajstić information content (AvgIpc) is 2.90. The number of aliphatic hydroxyl groups excluding tert-OH is 2. The molecular weight excluding hydrogens is 723 g/mol. The van der Waals surface area contributed by atoms with E-state index < -0.39 is 55.6 Å². The Hall–Kier alpha value is -2.91. The Balaban J connectivity index is 1.48. The van der Waals surface area contributed by atoms with Crippen LogP contribution in [0.2, 0.25) is 30.1 Å². The first-order valence-electron chi connectivity index (χ1n) is 12.5. The van der Waals surface area contributed by atoms with E-state index in [9.17, 15) is 24.6 Å². The minimum Gasteiger partial charge on any atom is -0.446 e. The maximum Gasteiger partial charge on any atom is 0.412 e. The van der Waals surface area contributed by atoms with E-state index in [1.165, 1.54) is 54.6 Å². The van der Waals surface area contributed by atoms with Crippen molar-refractivity contribution in [1.82, 2.24) is 0 Å². The monoisotopic (exact) mass is 741 g/mol. The molecule has 12 nitrogen and oxygen atoms in total. The fourth-order valence-electron chi connectivity index (χ4n) is 4.04. The first-order chi connectivity index (χ1) is 21.2. The minimum absolute atomic E-state index is 0.130. The Morgan fingerprint density at radius 3 is 1.36 bits per heavy atom. The van der Waals surface area contributed by atoms with Gasteiger partial charge in [-0.2, -0.15) is 0 Å². The fourth-order valence-corrected chi connectivity index (χ4v) is 5.61. The lowest BCUT2D eigenvalue weighted by Gasteiger charge is -2.41. The van der Waals surface area contributed by atoms with E-state index in [4.69, 9.17) is 88.6 Å². The molecule has 0 radical (unpaired) electrons. The van der Waals surface area contributed by atoms with Crippen LogP contribution in [-0.4, -0.2) is 65.8 Å². The molecule has 4 rings (SSSR count). The first kappa shape index (κ1) is 35.0. The number of benzene rings is 3. The van der Waals surface area contributed by atoms with Gasteiger partial charge in [0.05, 0.1) is 0 Å². The number of anilines is 3. The largest absolute Gasteiger partial charge is 0.446 e. The van der Waals surface area contributed by atoms with Gasteiger partial charge in [0, 0.05) is 47.2 Å². The van der Waals surface area contributed by atoms with Gasteiger partial charge in [-0.1, -0.05) is 69.6 Å². The van der Waals surface area contributed by atoms with Crippen LogP contribution in [0, 0.1) is 0 Å². The van der Waals surface area contributed by atoms with E-state index in [1.54, 1.807) is 0 Å². The van der Waals surface area contributed by atoms with E-state index >= 15 is 0 Å². The lowest BCUT2D eigenvalue weighted by atomic mass is 9.99. The summed E-state index contributed by atoms with van der Waals surface area (Å²) in [5, 5.41) is 30.3. The first-order valence-corrected chi connectivity index (χ1v) is 14.8. The topological polar surface area (TPSA) is 165 Å². The summed E-state index contributed by atoms with van der Waals surface area (Å²) in [7, 11) is 0. The van der Waals surface area contributed by atoms with Crippen LogP contribution in [0.3, 0.4) is 0 Å². The summed E-state index contributed by atoms with van der Waals surface area (Å²) in [6, 6.07) is 12.6.